The zero-order chi connectivity index (χ0) is 32.6. The zero-order valence-corrected chi connectivity index (χ0v) is 27.2. The summed E-state index contributed by atoms with van der Waals surface area (Å²) in [5.41, 5.74) is 4.86. The van der Waals surface area contributed by atoms with Crippen LogP contribution < -0.4 is 21.3 Å². The molecule has 45 heavy (non-hydrogen) atoms. The number of nitrogens with one attached hydrogen (secondary N) is 4. The average molecular weight is 636 g/mol. The van der Waals surface area contributed by atoms with Crippen molar-refractivity contribution in [2.24, 2.45) is 4.67 Å². The number of amides is 4. The van der Waals surface area contributed by atoms with Gasteiger partial charge in [-0.25, -0.2) is 0 Å². The first-order valence-electron chi connectivity index (χ1n) is 15.5. The molecule has 240 valence electrons. The number of hydrogen-bond acceptors (Lipinski definition) is 7. The van der Waals surface area contributed by atoms with Gasteiger partial charge in [0.1, 0.15) is 0 Å². The van der Waals surface area contributed by atoms with E-state index in [0.29, 0.717) is 37.3 Å². The van der Waals surface area contributed by atoms with E-state index in [1.807, 2.05) is 50.2 Å². The number of ether oxygens (including phenoxy) is 1. The van der Waals surface area contributed by atoms with Crippen molar-refractivity contribution in [2.45, 2.75) is 77.5 Å². The molecule has 4 amide bonds. The fraction of sp³-hybridized carbons (Fsp3) is 0.469. The van der Waals surface area contributed by atoms with Crippen LogP contribution in [0.3, 0.4) is 0 Å². The standard InChI is InChI=1S/C32H43BN5O6P/c1-3-15-34-28(39)7-5-9-30(41)36-21-11-13-23-24-14-12-22(37-31(42)10-6-8-29(40)35-16-4-2)18-26(24)27(25(23)17-21)20-44-32(43)19-33-38-45/h11-14,17-18,27H,3-10,15-16,19-20,45H2,1-2H3,(H,34,39)(H,35,40)(H,36,41)(H,37,42). The molecule has 0 radical (unpaired) electrons. The van der Waals surface area contributed by atoms with Gasteiger partial charge in [-0.15, -0.1) is 0 Å². The summed E-state index contributed by atoms with van der Waals surface area (Å²) >= 11 is 0. The summed E-state index contributed by atoms with van der Waals surface area (Å²) in [5, 5.41) is 11.5. The van der Waals surface area contributed by atoms with Crippen molar-refractivity contribution >= 4 is 57.4 Å². The first kappa shape index (κ1) is 35.6. The summed E-state index contributed by atoms with van der Waals surface area (Å²) in [6.45, 7) is 5.28. The molecule has 0 bridgehead atoms. The molecule has 0 heterocycles. The number of benzene rings is 2. The quantitative estimate of drug-likeness (QED) is 0.106. The van der Waals surface area contributed by atoms with Crippen molar-refractivity contribution < 1.29 is 28.7 Å². The van der Waals surface area contributed by atoms with Crippen molar-refractivity contribution in [1.82, 2.24) is 10.6 Å². The summed E-state index contributed by atoms with van der Waals surface area (Å²) in [4.78, 5) is 61.3. The van der Waals surface area contributed by atoms with E-state index in [-0.39, 0.29) is 68.2 Å². The number of nitrogens with zero attached hydrogens (tertiary/aromatic N) is 1. The van der Waals surface area contributed by atoms with Crippen LogP contribution >= 0.6 is 9.39 Å². The van der Waals surface area contributed by atoms with Gasteiger partial charge >= 0.3 is 183 Å². The van der Waals surface area contributed by atoms with Crippen molar-refractivity contribution in [1.29, 1.82) is 0 Å². The second-order valence-electron chi connectivity index (χ2n) is 10.9. The van der Waals surface area contributed by atoms with E-state index in [0.717, 1.165) is 35.1 Å². The second-order valence-corrected chi connectivity index (χ2v) is 11.2. The summed E-state index contributed by atoms with van der Waals surface area (Å²) in [6.07, 6.45) is 3.63. The van der Waals surface area contributed by atoms with Crippen LogP contribution in [0.2, 0.25) is 6.32 Å². The Kier molecular flexibility index (Phi) is 14.9. The first-order chi connectivity index (χ1) is 21.7. The van der Waals surface area contributed by atoms with Crippen molar-refractivity contribution in [3.63, 3.8) is 0 Å². The van der Waals surface area contributed by atoms with E-state index < -0.39 is 5.97 Å². The number of fused-ring (bicyclic) bond motifs is 3. The van der Waals surface area contributed by atoms with Crippen LogP contribution in [-0.2, 0) is 28.7 Å². The SMILES string of the molecule is CCCNC(=O)CCCC(=O)Nc1ccc2c(c1)C(COC(=O)CB=NP)c1cc(NC(=O)CCCC(=O)NCCC)ccc1-2. The van der Waals surface area contributed by atoms with Gasteiger partial charge in [0, 0.05) is 25.9 Å². The molecule has 13 heteroatoms. The Morgan fingerprint density at radius 1 is 0.756 bits per heavy atom. The Morgan fingerprint density at radius 2 is 1.22 bits per heavy atom. The predicted octanol–water partition coefficient (Wildman–Crippen LogP) is 4.71. The molecule has 0 fully saturated rings. The van der Waals surface area contributed by atoms with Crippen molar-refractivity contribution in [3.05, 3.63) is 47.5 Å². The number of rotatable bonds is 18. The van der Waals surface area contributed by atoms with E-state index in [4.69, 9.17) is 4.74 Å². The number of hydrogen-bond donors (Lipinski definition) is 4. The van der Waals surface area contributed by atoms with Gasteiger partial charge in [-0.1, -0.05) is 13.8 Å². The molecule has 0 saturated heterocycles. The molecule has 0 saturated carbocycles. The summed E-state index contributed by atoms with van der Waals surface area (Å²) in [7, 11) is 3.63. The third-order valence-corrected chi connectivity index (χ3v) is 7.46. The third-order valence-electron chi connectivity index (χ3n) is 7.25. The molecule has 1 aliphatic rings. The van der Waals surface area contributed by atoms with E-state index >= 15 is 0 Å². The number of carbonyl (C=O) groups excluding carboxylic acids is 5. The van der Waals surface area contributed by atoms with Crippen molar-refractivity contribution in [3.8, 4) is 11.1 Å². The predicted molar refractivity (Wildman–Crippen MR) is 179 cm³/mol. The van der Waals surface area contributed by atoms with Crippen LogP contribution in [0.1, 0.15) is 82.3 Å². The molecule has 0 spiro atoms. The van der Waals surface area contributed by atoms with E-state index in [1.54, 1.807) is 0 Å². The topological polar surface area (TPSA) is 155 Å². The van der Waals surface area contributed by atoms with E-state index in [2.05, 4.69) is 35.3 Å². The van der Waals surface area contributed by atoms with Gasteiger partial charge in [-0.2, -0.15) is 0 Å². The Labute approximate surface area is 267 Å². The molecule has 1 unspecified atom stereocenters. The Balaban J connectivity index is 1.71. The average Bonchev–Trinajstić information content (AvgIpc) is 3.32. The van der Waals surface area contributed by atoms with Gasteiger partial charge in [-0.3, -0.25) is 9.59 Å². The fourth-order valence-corrected chi connectivity index (χ4v) is 5.13. The molecular formula is C32H43BN5O6P. The number of anilines is 2. The Morgan fingerprint density at radius 3 is 1.67 bits per heavy atom. The molecule has 2 aromatic carbocycles. The van der Waals surface area contributed by atoms with Gasteiger partial charge in [0.2, 0.25) is 11.8 Å². The minimum atomic E-state index is -0.420. The molecular weight excluding hydrogens is 592 g/mol. The third kappa shape index (κ3) is 11.5. The maximum absolute atomic E-state index is 12.6. The van der Waals surface area contributed by atoms with Gasteiger partial charge in [-0.05, 0) is 12.8 Å². The van der Waals surface area contributed by atoms with E-state index in [1.165, 1.54) is 7.07 Å². The Bertz CT molecular complexity index is 1310. The molecule has 2 aromatic rings. The van der Waals surface area contributed by atoms with E-state index in [9.17, 15) is 24.0 Å². The number of carbonyl (C=O) groups is 5. The van der Waals surface area contributed by atoms with Gasteiger partial charge in [0.25, 0.3) is 0 Å². The molecule has 0 aromatic heterocycles. The molecule has 0 aliphatic heterocycles. The van der Waals surface area contributed by atoms with Crippen LogP contribution in [0.4, 0.5) is 11.4 Å². The molecule has 11 nitrogen and oxygen atoms in total. The zero-order valence-electron chi connectivity index (χ0n) is 26.1. The fourth-order valence-electron chi connectivity index (χ4n) is 5.03. The molecule has 1 atom stereocenters. The monoisotopic (exact) mass is 635 g/mol. The molecule has 4 N–H and O–H groups in total. The van der Waals surface area contributed by atoms with Gasteiger partial charge in [0.15, 0.2) is 0 Å². The van der Waals surface area contributed by atoms with Gasteiger partial charge in [0.05, 0.1) is 0 Å². The molecule has 3 rings (SSSR count). The number of esters is 1. The van der Waals surface area contributed by atoms with Crippen LogP contribution in [0.5, 0.6) is 0 Å². The second kappa shape index (κ2) is 18.8. The van der Waals surface area contributed by atoms with Crippen LogP contribution in [-0.4, -0.2) is 56.4 Å². The maximum atomic E-state index is 12.6. The normalized spacial score (nSPS) is 11.7. The minimum absolute atomic E-state index is 0.0368. The Hall–Kier alpha value is -3.92. The van der Waals surface area contributed by atoms with Crippen LogP contribution in [0.25, 0.3) is 11.1 Å². The van der Waals surface area contributed by atoms with Gasteiger partial charge < -0.3 is 10.6 Å². The van der Waals surface area contributed by atoms with Crippen LogP contribution in [0.15, 0.2) is 41.1 Å². The molecule has 1 aliphatic carbocycles. The summed E-state index contributed by atoms with van der Waals surface area (Å²) in [5.74, 6) is -1.26. The summed E-state index contributed by atoms with van der Waals surface area (Å²) < 4.78 is 9.36. The van der Waals surface area contributed by atoms with Crippen LogP contribution in [0, 0.1) is 0 Å². The first-order valence-corrected chi connectivity index (χ1v) is 16.1. The van der Waals surface area contributed by atoms with Crippen molar-refractivity contribution in [2.75, 3.05) is 30.3 Å². The summed E-state index contributed by atoms with van der Waals surface area (Å²) in [6, 6.07) is 11.3.